The summed E-state index contributed by atoms with van der Waals surface area (Å²) in [6.45, 7) is 3.36. The molecule has 2 N–H and O–H groups in total. The van der Waals surface area contributed by atoms with Crippen LogP contribution in [0.1, 0.15) is 37.3 Å². The molecule has 172 valence electrons. The fraction of sp³-hybridized carbons (Fsp3) is 0.440. The Morgan fingerprint density at radius 1 is 1.09 bits per heavy atom. The zero-order valence-corrected chi connectivity index (χ0v) is 20.0. The molecule has 0 aliphatic heterocycles. The molecule has 0 aliphatic rings. The second kappa shape index (κ2) is 11.8. The summed E-state index contributed by atoms with van der Waals surface area (Å²) in [6.07, 6.45) is 4.23. The first kappa shape index (κ1) is 24.0. The van der Waals surface area contributed by atoms with Gasteiger partial charge in [0.25, 0.3) is 5.19 Å². The quantitative estimate of drug-likeness (QED) is 0.437. The number of nitrogens with zero attached hydrogens (tertiary/aromatic N) is 2. The molecule has 1 unspecified atom stereocenters. The van der Waals surface area contributed by atoms with E-state index in [1.807, 2.05) is 29.2 Å². The maximum Gasteiger partial charge on any atom is 0.274 e. The van der Waals surface area contributed by atoms with Crippen molar-refractivity contribution in [2.75, 3.05) is 27.3 Å². The number of unbranched alkanes of at least 4 members (excludes halogenated alkanes) is 1. The van der Waals surface area contributed by atoms with Crippen molar-refractivity contribution in [3.63, 3.8) is 0 Å². The van der Waals surface area contributed by atoms with Crippen LogP contribution in [0.5, 0.6) is 10.9 Å². The number of benzene rings is 2. The molecule has 1 heterocycles. The number of hydrogen-bond acceptors (Lipinski definition) is 6. The monoisotopic (exact) mass is 455 g/mol. The summed E-state index contributed by atoms with van der Waals surface area (Å²) >= 11 is 1.50. The zero-order chi connectivity index (χ0) is 22.9. The average Bonchev–Trinajstić information content (AvgIpc) is 3.27. The molecule has 0 saturated heterocycles. The summed E-state index contributed by atoms with van der Waals surface area (Å²) in [5.74, 6) is 0.753. The Kier molecular flexibility index (Phi) is 8.88. The van der Waals surface area contributed by atoms with Crippen LogP contribution in [0.15, 0.2) is 42.5 Å². The topological polar surface area (TPSA) is 77.7 Å². The molecule has 2 aromatic carbocycles. The molecule has 1 atom stereocenters. The van der Waals surface area contributed by atoms with E-state index < -0.39 is 6.04 Å². The largest absolute Gasteiger partial charge is 0.494 e. The molecule has 0 saturated carbocycles. The standard InChI is InChI=1S/C25H33N3O3S/c1-4-5-11-20(26)24(29)28(16-14-18-9-7-6-8-10-18)17-15-19-12-13-21(30-2)22-23(19)32-25(27-22)31-3/h6-10,12-13,20H,4-5,11,14-17,26H2,1-3H3. The fourth-order valence-corrected chi connectivity index (χ4v) is 4.68. The van der Waals surface area contributed by atoms with Crippen molar-refractivity contribution in [1.82, 2.24) is 9.88 Å². The number of nitrogens with two attached hydrogens (primary N) is 1. The van der Waals surface area contributed by atoms with E-state index in [1.54, 1.807) is 14.2 Å². The minimum atomic E-state index is -0.454. The maximum atomic E-state index is 13.2. The molecule has 7 heteroatoms. The predicted octanol–water partition coefficient (Wildman–Crippen LogP) is 4.44. The molecule has 6 nitrogen and oxygen atoms in total. The van der Waals surface area contributed by atoms with Crippen molar-refractivity contribution >= 4 is 27.5 Å². The third kappa shape index (κ3) is 5.99. The number of carbonyl (C=O) groups excluding carboxylic acids is 1. The maximum absolute atomic E-state index is 13.2. The Balaban J connectivity index is 1.78. The second-order valence-electron chi connectivity index (χ2n) is 7.85. The lowest BCUT2D eigenvalue weighted by Gasteiger charge is -2.26. The van der Waals surface area contributed by atoms with Gasteiger partial charge in [-0.05, 0) is 36.5 Å². The van der Waals surface area contributed by atoms with E-state index in [2.05, 4.69) is 30.1 Å². The van der Waals surface area contributed by atoms with Gasteiger partial charge in [0.2, 0.25) is 5.91 Å². The van der Waals surface area contributed by atoms with Crippen LogP contribution < -0.4 is 15.2 Å². The van der Waals surface area contributed by atoms with E-state index in [4.69, 9.17) is 15.2 Å². The van der Waals surface area contributed by atoms with Gasteiger partial charge in [-0.15, -0.1) is 0 Å². The first-order valence-corrected chi connectivity index (χ1v) is 12.0. The Morgan fingerprint density at radius 2 is 1.84 bits per heavy atom. The van der Waals surface area contributed by atoms with Gasteiger partial charge in [-0.25, -0.2) is 0 Å². The van der Waals surface area contributed by atoms with E-state index in [-0.39, 0.29) is 5.91 Å². The molecule has 1 amide bonds. The minimum Gasteiger partial charge on any atom is -0.494 e. The van der Waals surface area contributed by atoms with Crippen LogP contribution in [-0.2, 0) is 17.6 Å². The number of methoxy groups -OCH3 is 2. The number of ether oxygens (including phenoxy) is 2. The van der Waals surface area contributed by atoms with E-state index in [9.17, 15) is 4.79 Å². The van der Waals surface area contributed by atoms with Crippen LogP contribution in [0.25, 0.3) is 10.2 Å². The van der Waals surface area contributed by atoms with Gasteiger partial charge >= 0.3 is 0 Å². The summed E-state index contributed by atoms with van der Waals surface area (Å²) in [5, 5.41) is 0.601. The molecule has 0 aliphatic carbocycles. The number of hydrogen-bond donors (Lipinski definition) is 1. The lowest BCUT2D eigenvalue weighted by Crippen LogP contribution is -2.45. The normalized spacial score (nSPS) is 12.0. The first-order chi connectivity index (χ1) is 15.6. The number of carbonyl (C=O) groups is 1. The molecule has 0 fully saturated rings. The summed E-state index contributed by atoms with van der Waals surface area (Å²) in [6, 6.07) is 13.8. The van der Waals surface area contributed by atoms with Crippen LogP contribution in [0, 0.1) is 0 Å². The number of rotatable bonds is 12. The highest BCUT2D eigenvalue weighted by molar-refractivity contribution is 7.20. The van der Waals surface area contributed by atoms with Crippen molar-refractivity contribution in [1.29, 1.82) is 0 Å². The third-order valence-electron chi connectivity index (χ3n) is 5.62. The highest BCUT2D eigenvalue weighted by Crippen LogP contribution is 2.36. The van der Waals surface area contributed by atoms with Gasteiger partial charge in [0.1, 0.15) is 11.3 Å². The SMILES string of the molecule is CCCCC(N)C(=O)N(CCc1ccccc1)CCc1ccc(OC)c2nc(OC)sc12. The summed E-state index contributed by atoms with van der Waals surface area (Å²) in [7, 11) is 3.26. The lowest BCUT2D eigenvalue weighted by molar-refractivity contribution is -0.132. The Bertz CT molecular complexity index is 1010. The van der Waals surface area contributed by atoms with Crippen LogP contribution >= 0.6 is 11.3 Å². The molecular formula is C25H33N3O3S. The average molecular weight is 456 g/mol. The molecule has 0 radical (unpaired) electrons. The molecule has 0 bridgehead atoms. The fourth-order valence-electron chi connectivity index (χ4n) is 3.74. The minimum absolute atomic E-state index is 0.0287. The molecule has 3 aromatic rings. The molecular weight excluding hydrogens is 422 g/mol. The summed E-state index contributed by atoms with van der Waals surface area (Å²) in [4.78, 5) is 19.6. The smallest absolute Gasteiger partial charge is 0.274 e. The van der Waals surface area contributed by atoms with Crippen molar-refractivity contribution < 1.29 is 14.3 Å². The van der Waals surface area contributed by atoms with Crippen LogP contribution in [-0.4, -0.2) is 49.1 Å². The molecule has 32 heavy (non-hydrogen) atoms. The van der Waals surface area contributed by atoms with Gasteiger partial charge in [0.05, 0.1) is 25.0 Å². The van der Waals surface area contributed by atoms with Crippen molar-refractivity contribution in [3.05, 3.63) is 53.6 Å². The van der Waals surface area contributed by atoms with Crippen LogP contribution in [0.4, 0.5) is 0 Å². The predicted molar refractivity (Wildman–Crippen MR) is 131 cm³/mol. The van der Waals surface area contributed by atoms with Gasteiger partial charge in [0, 0.05) is 13.1 Å². The highest BCUT2D eigenvalue weighted by atomic mass is 32.1. The van der Waals surface area contributed by atoms with E-state index in [0.717, 1.165) is 47.2 Å². The Labute approximate surface area is 194 Å². The van der Waals surface area contributed by atoms with Gasteiger partial charge < -0.3 is 20.1 Å². The number of aromatic nitrogens is 1. The molecule has 1 aromatic heterocycles. The van der Waals surface area contributed by atoms with Gasteiger partial charge in [-0.1, -0.05) is 67.5 Å². The number of thiazole rings is 1. The first-order valence-electron chi connectivity index (χ1n) is 11.2. The Hall–Kier alpha value is -2.64. The van der Waals surface area contributed by atoms with E-state index >= 15 is 0 Å². The van der Waals surface area contributed by atoms with Crippen LogP contribution in [0.2, 0.25) is 0 Å². The summed E-state index contributed by atoms with van der Waals surface area (Å²) in [5.41, 5.74) is 9.40. The molecule has 3 rings (SSSR count). The van der Waals surface area contributed by atoms with E-state index in [0.29, 0.717) is 24.7 Å². The second-order valence-corrected chi connectivity index (χ2v) is 8.81. The summed E-state index contributed by atoms with van der Waals surface area (Å²) < 4.78 is 11.8. The van der Waals surface area contributed by atoms with Crippen molar-refractivity contribution in [2.45, 2.75) is 45.1 Å². The van der Waals surface area contributed by atoms with Crippen molar-refractivity contribution in [3.8, 4) is 10.9 Å². The lowest BCUT2D eigenvalue weighted by atomic mass is 10.1. The van der Waals surface area contributed by atoms with E-state index in [1.165, 1.54) is 16.9 Å². The Morgan fingerprint density at radius 3 is 2.53 bits per heavy atom. The van der Waals surface area contributed by atoms with Gasteiger partial charge in [0.15, 0.2) is 0 Å². The third-order valence-corrected chi connectivity index (χ3v) is 6.72. The number of amides is 1. The van der Waals surface area contributed by atoms with Crippen molar-refractivity contribution in [2.24, 2.45) is 5.73 Å². The van der Waals surface area contributed by atoms with Crippen LogP contribution in [0.3, 0.4) is 0 Å². The highest BCUT2D eigenvalue weighted by Gasteiger charge is 2.21. The molecule has 0 spiro atoms. The van der Waals surface area contributed by atoms with Gasteiger partial charge in [-0.3, -0.25) is 4.79 Å². The number of fused-ring (bicyclic) bond motifs is 1. The zero-order valence-electron chi connectivity index (χ0n) is 19.2. The van der Waals surface area contributed by atoms with Gasteiger partial charge in [-0.2, -0.15) is 4.98 Å².